The van der Waals surface area contributed by atoms with Crippen LogP contribution in [0.4, 0.5) is 0 Å². The van der Waals surface area contributed by atoms with Gasteiger partial charge in [-0.15, -0.1) is 0 Å². The van der Waals surface area contributed by atoms with Crippen LogP contribution in [0.1, 0.15) is 25.7 Å². The molecule has 24 heavy (non-hydrogen) atoms. The Bertz CT molecular complexity index is 716. The molecule has 1 atom stereocenters. The number of nitrogens with zero attached hydrogens (tertiary/aromatic N) is 3. The van der Waals surface area contributed by atoms with Crippen molar-refractivity contribution in [3.8, 4) is 11.4 Å². The van der Waals surface area contributed by atoms with Crippen LogP contribution in [0.2, 0.25) is 5.02 Å². The summed E-state index contributed by atoms with van der Waals surface area (Å²) in [6.07, 6.45) is 1.76. The van der Waals surface area contributed by atoms with E-state index < -0.39 is 0 Å². The van der Waals surface area contributed by atoms with Crippen molar-refractivity contribution in [2.75, 3.05) is 19.6 Å². The van der Waals surface area contributed by atoms with Crippen LogP contribution in [0, 0.1) is 5.41 Å². The van der Waals surface area contributed by atoms with Gasteiger partial charge in [-0.2, -0.15) is 4.98 Å². The number of benzene rings is 1. The fourth-order valence-electron chi connectivity index (χ4n) is 2.85. The number of nitrogens with two attached hydrogens (primary N) is 1. The molecule has 2 aromatic rings. The van der Waals surface area contributed by atoms with Gasteiger partial charge in [-0.05, 0) is 42.6 Å². The lowest BCUT2D eigenvalue weighted by Crippen LogP contribution is -2.34. The zero-order chi connectivity index (χ0) is 17.2. The molecule has 6 nitrogen and oxygen atoms in total. The van der Waals surface area contributed by atoms with Crippen LogP contribution >= 0.6 is 11.6 Å². The molecule has 0 radical (unpaired) electrons. The van der Waals surface area contributed by atoms with Gasteiger partial charge in [0.15, 0.2) is 0 Å². The van der Waals surface area contributed by atoms with Crippen molar-refractivity contribution in [2.45, 2.75) is 26.2 Å². The van der Waals surface area contributed by atoms with Crippen LogP contribution in [-0.4, -0.2) is 40.6 Å². The van der Waals surface area contributed by atoms with E-state index in [9.17, 15) is 4.79 Å². The molecule has 2 heterocycles. The van der Waals surface area contributed by atoms with E-state index in [1.165, 1.54) is 0 Å². The number of aryl methyl sites for hydroxylation is 1. The molecule has 1 saturated heterocycles. The standard InChI is InChI=1S/C17H21ClN4O2/c1-17(10-19)8-9-22(11-17)15(23)7-6-14-20-16(21-24-14)12-2-4-13(18)5-3-12/h2-5H,6-11,19H2,1H3. The molecule has 0 spiro atoms. The largest absolute Gasteiger partial charge is 0.342 e. The van der Waals surface area contributed by atoms with Crippen LogP contribution in [-0.2, 0) is 11.2 Å². The lowest BCUT2D eigenvalue weighted by molar-refractivity contribution is -0.130. The first-order chi connectivity index (χ1) is 11.5. The van der Waals surface area contributed by atoms with E-state index in [1.54, 1.807) is 12.1 Å². The Balaban J connectivity index is 1.56. The summed E-state index contributed by atoms with van der Waals surface area (Å²) >= 11 is 5.87. The minimum absolute atomic E-state index is 0.0436. The molecule has 3 rings (SSSR count). The van der Waals surface area contributed by atoms with E-state index >= 15 is 0 Å². The first-order valence-electron chi connectivity index (χ1n) is 8.05. The van der Waals surface area contributed by atoms with E-state index in [1.807, 2.05) is 17.0 Å². The number of carbonyl (C=O) groups excluding carboxylic acids is 1. The highest BCUT2D eigenvalue weighted by molar-refractivity contribution is 6.30. The van der Waals surface area contributed by atoms with Crippen molar-refractivity contribution in [3.63, 3.8) is 0 Å². The number of rotatable bonds is 5. The monoisotopic (exact) mass is 348 g/mol. The number of hydrogen-bond donors (Lipinski definition) is 1. The summed E-state index contributed by atoms with van der Waals surface area (Å²) in [6, 6.07) is 7.22. The summed E-state index contributed by atoms with van der Waals surface area (Å²) in [7, 11) is 0. The van der Waals surface area contributed by atoms with Crippen LogP contribution in [0.5, 0.6) is 0 Å². The Hall–Kier alpha value is -1.92. The van der Waals surface area contributed by atoms with E-state index in [0.717, 1.165) is 25.1 Å². The number of likely N-dealkylation sites (tertiary alicyclic amines) is 1. The average molecular weight is 349 g/mol. The highest BCUT2D eigenvalue weighted by atomic mass is 35.5. The van der Waals surface area contributed by atoms with E-state index in [-0.39, 0.29) is 11.3 Å². The quantitative estimate of drug-likeness (QED) is 0.897. The fourth-order valence-corrected chi connectivity index (χ4v) is 2.97. The van der Waals surface area contributed by atoms with Gasteiger partial charge >= 0.3 is 0 Å². The van der Waals surface area contributed by atoms with Gasteiger partial charge in [-0.3, -0.25) is 4.79 Å². The van der Waals surface area contributed by atoms with E-state index in [4.69, 9.17) is 21.9 Å². The average Bonchev–Trinajstić information content (AvgIpc) is 3.21. The zero-order valence-electron chi connectivity index (χ0n) is 13.7. The molecule has 0 aliphatic carbocycles. The minimum Gasteiger partial charge on any atom is -0.342 e. The van der Waals surface area contributed by atoms with E-state index in [2.05, 4.69) is 17.1 Å². The third kappa shape index (κ3) is 3.76. The fraction of sp³-hybridized carbons (Fsp3) is 0.471. The van der Waals surface area contributed by atoms with Crippen molar-refractivity contribution in [3.05, 3.63) is 35.2 Å². The molecular formula is C17H21ClN4O2. The molecule has 1 aliphatic heterocycles. The number of aromatic nitrogens is 2. The van der Waals surface area contributed by atoms with Gasteiger partial charge in [0.25, 0.3) is 0 Å². The van der Waals surface area contributed by atoms with Crippen LogP contribution in [0.25, 0.3) is 11.4 Å². The molecule has 1 fully saturated rings. The number of carbonyl (C=O) groups is 1. The maximum Gasteiger partial charge on any atom is 0.227 e. The molecule has 1 amide bonds. The summed E-state index contributed by atoms with van der Waals surface area (Å²) in [5.74, 6) is 1.08. The second-order valence-corrected chi connectivity index (χ2v) is 7.04. The Morgan fingerprint density at radius 3 is 2.83 bits per heavy atom. The molecule has 1 aliphatic rings. The number of amides is 1. The minimum atomic E-state index is 0.0436. The second kappa shape index (κ2) is 6.91. The molecule has 2 N–H and O–H groups in total. The van der Waals surface area contributed by atoms with Gasteiger partial charge in [-0.25, -0.2) is 0 Å². The smallest absolute Gasteiger partial charge is 0.227 e. The molecule has 1 aromatic carbocycles. The molecule has 0 bridgehead atoms. The Morgan fingerprint density at radius 1 is 1.42 bits per heavy atom. The highest BCUT2D eigenvalue weighted by Gasteiger charge is 2.34. The molecule has 1 aromatic heterocycles. The lowest BCUT2D eigenvalue weighted by atomic mass is 9.90. The number of hydrogen-bond acceptors (Lipinski definition) is 5. The second-order valence-electron chi connectivity index (χ2n) is 6.60. The third-order valence-electron chi connectivity index (χ3n) is 4.53. The molecular weight excluding hydrogens is 328 g/mol. The van der Waals surface area contributed by atoms with Crippen LogP contribution < -0.4 is 5.73 Å². The van der Waals surface area contributed by atoms with Crippen molar-refractivity contribution in [1.29, 1.82) is 0 Å². The number of halogens is 1. The zero-order valence-corrected chi connectivity index (χ0v) is 14.4. The third-order valence-corrected chi connectivity index (χ3v) is 4.78. The summed E-state index contributed by atoms with van der Waals surface area (Å²) in [5, 5.41) is 4.61. The summed E-state index contributed by atoms with van der Waals surface area (Å²) in [6.45, 7) is 4.22. The van der Waals surface area contributed by atoms with Gasteiger partial charge < -0.3 is 15.2 Å². The normalized spacial score (nSPS) is 20.5. The lowest BCUT2D eigenvalue weighted by Gasteiger charge is -2.22. The van der Waals surface area contributed by atoms with Gasteiger partial charge in [0.05, 0.1) is 0 Å². The van der Waals surface area contributed by atoms with Gasteiger partial charge in [0.2, 0.25) is 17.6 Å². The Kier molecular flexibility index (Phi) is 4.87. The van der Waals surface area contributed by atoms with Crippen molar-refractivity contribution >= 4 is 17.5 Å². The van der Waals surface area contributed by atoms with Crippen LogP contribution in [0.15, 0.2) is 28.8 Å². The highest BCUT2D eigenvalue weighted by Crippen LogP contribution is 2.29. The van der Waals surface area contributed by atoms with Crippen molar-refractivity contribution in [1.82, 2.24) is 15.0 Å². The molecule has 7 heteroatoms. The summed E-state index contributed by atoms with van der Waals surface area (Å²) in [5.41, 5.74) is 6.66. The SMILES string of the molecule is CC1(CN)CCN(C(=O)CCc2nc(-c3ccc(Cl)cc3)no2)C1. The van der Waals surface area contributed by atoms with E-state index in [0.29, 0.717) is 36.1 Å². The first-order valence-corrected chi connectivity index (χ1v) is 8.43. The van der Waals surface area contributed by atoms with Gasteiger partial charge in [0.1, 0.15) is 0 Å². The van der Waals surface area contributed by atoms with Crippen molar-refractivity contribution < 1.29 is 9.32 Å². The maximum atomic E-state index is 12.3. The maximum absolute atomic E-state index is 12.3. The summed E-state index contributed by atoms with van der Waals surface area (Å²) in [4.78, 5) is 18.5. The van der Waals surface area contributed by atoms with Crippen molar-refractivity contribution in [2.24, 2.45) is 11.1 Å². The summed E-state index contributed by atoms with van der Waals surface area (Å²) < 4.78 is 5.24. The van der Waals surface area contributed by atoms with Gasteiger partial charge in [-0.1, -0.05) is 23.7 Å². The predicted octanol–water partition coefficient (Wildman–Crippen LogP) is 2.52. The van der Waals surface area contributed by atoms with Crippen LogP contribution in [0.3, 0.4) is 0 Å². The molecule has 128 valence electrons. The first kappa shape index (κ1) is 16.9. The molecule has 0 saturated carbocycles. The Morgan fingerprint density at radius 2 is 2.17 bits per heavy atom. The Labute approximate surface area is 146 Å². The van der Waals surface area contributed by atoms with Gasteiger partial charge in [0, 0.05) is 36.5 Å². The topological polar surface area (TPSA) is 85.2 Å². The molecule has 1 unspecified atom stereocenters. The predicted molar refractivity (Wildman–Crippen MR) is 91.4 cm³/mol.